The fourth-order valence-corrected chi connectivity index (χ4v) is 3.43. The predicted molar refractivity (Wildman–Crippen MR) is 88.2 cm³/mol. The molecule has 2 aromatic rings. The molecule has 2 rings (SSSR count). The van der Waals surface area contributed by atoms with E-state index in [-0.39, 0.29) is 28.3 Å². The molecule has 120 valence electrons. The molecule has 6 nitrogen and oxygen atoms in total. The van der Waals surface area contributed by atoms with E-state index in [1.54, 1.807) is 12.1 Å². The van der Waals surface area contributed by atoms with Crippen LogP contribution in [0.2, 0.25) is 0 Å². The van der Waals surface area contributed by atoms with E-state index >= 15 is 0 Å². The number of rotatable bonds is 6. The molecule has 8 heteroatoms. The van der Waals surface area contributed by atoms with Crippen molar-refractivity contribution in [2.75, 3.05) is 5.75 Å². The first kappa shape index (κ1) is 17.3. The van der Waals surface area contributed by atoms with Crippen LogP contribution in [0.15, 0.2) is 57.9 Å². The molecule has 0 heterocycles. The SMILES string of the molecule is O=C(CCS(=O)(=O)c1ccc(Br)cc1)c1cccc([N+](=O)[O-])c1. The van der Waals surface area contributed by atoms with E-state index in [1.165, 1.54) is 30.3 Å². The molecule has 0 N–H and O–H groups in total. The van der Waals surface area contributed by atoms with Gasteiger partial charge in [0.2, 0.25) is 0 Å². The van der Waals surface area contributed by atoms with Crippen molar-refractivity contribution in [1.29, 1.82) is 0 Å². The molecule has 0 aliphatic heterocycles. The first-order valence-corrected chi connectivity index (χ1v) is 9.00. The molecule has 0 bridgehead atoms. The van der Waals surface area contributed by atoms with Gasteiger partial charge in [0.1, 0.15) is 0 Å². The molecule has 0 amide bonds. The van der Waals surface area contributed by atoms with Gasteiger partial charge in [-0.1, -0.05) is 28.1 Å². The summed E-state index contributed by atoms with van der Waals surface area (Å²) in [5.41, 5.74) is -0.0724. The highest BCUT2D eigenvalue weighted by Crippen LogP contribution is 2.18. The quantitative estimate of drug-likeness (QED) is 0.422. The zero-order valence-electron chi connectivity index (χ0n) is 11.8. The summed E-state index contributed by atoms with van der Waals surface area (Å²) in [5.74, 6) is -0.801. The Morgan fingerprint density at radius 1 is 1.13 bits per heavy atom. The smallest absolute Gasteiger partial charge is 0.270 e. The van der Waals surface area contributed by atoms with Crippen molar-refractivity contribution >= 4 is 37.2 Å². The van der Waals surface area contributed by atoms with Crippen LogP contribution in [0, 0.1) is 10.1 Å². The van der Waals surface area contributed by atoms with Crippen LogP contribution < -0.4 is 0 Å². The Balaban J connectivity index is 2.10. The first-order valence-electron chi connectivity index (χ1n) is 6.55. The maximum absolute atomic E-state index is 12.2. The monoisotopic (exact) mass is 397 g/mol. The van der Waals surface area contributed by atoms with Crippen molar-refractivity contribution in [2.24, 2.45) is 0 Å². The number of nitrogens with zero attached hydrogens (tertiary/aromatic N) is 1. The largest absolute Gasteiger partial charge is 0.294 e. The van der Waals surface area contributed by atoms with Crippen LogP contribution in [0.1, 0.15) is 16.8 Å². The lowest BCUT2D eigenvalue weighted by Crippen LogP contribution is -2.12. The Hall–Kier alpha value is -2.06. The summed E-state index contributed by atoms with van der Waals surface area (Å²) < 4.78 is 25.1. The van der Waals surface area contributed by atoms with Crippen molar-refractivity contribution in [1.82, 2.24) is 0 Å². The highest BCUT2D eigenvalue weighted by molar-refractivity contribution is 9.10. The van der Waals surface area contributed by atoms with Gasteiger partial charge in [0.05, 0.1) is 15.6 Å². The molecule has 0 spiro atoms. The molecule has 2 aromatic carbocycles. The van der Waals surface area contributed by atoms with Crippen molar-refractivity contribution in [3.05, 3.63) is 68.7 Å². The second-order valence-electron chi connectivity index (χ2n) is 4.75. The van der Waals surface area contributed by atoms with E-state index < -0.39 is 20.5 Å². The highest BCUT2D eigenvalue weighted by Gasteiger charge is 2.18. The topological polar surface area (TPSA) is 94.3 Å². The van der Waals surface area contributed by atoms with Gasteiger partial charge in [0.25, 0.3) is 5.69 Å². The number of ketones is 1. The third kappa shape index (κ3) is 4.46. The lowest BCUT2D eigenvalue weighted by Gasteiger charge is -2.05. The summed E-state index contributed by atoms with van der Waals surface area (Å²) in [5, 5.41) is 10.7. The number of hydrogen-bond acceptors (Lipinski definition) is 5. The van der Waals surface area contributed by atoms with Crippen molar-refractivity contribution in [3.8, 4) is 0 Å². The molecular weight excluding hydrogens is 386 g/mol. The maximum atomic E-state index is 12.2. The van der Waals surface area contributed by atoms with Gasteiger partial charge in [-0.2, -0.15) is 0 Å². The van der Waals surface area contributed by atoms with Crippen LogP contribution >= 0.6 is 15.9 Å². The average Bonchev–Trinajstić information content (AvgIpc) is 2.53. The van der Waals surface area contributed by atoms with Gasteiger partial charge in [0.15, 0.2) is 15.6 Å². The molecule has 0 aromatic heterocycles. The second-order valence-corrected chi connectivity index (χ2v) is 7.78. The number of nitro benzene ring substituents is 1. The van der Waals surface area contributed by atoms with Gasteiger partial charge < -0.3 is 0 Å². The third-order valence-corrected chi connectivity index (χ3v) is 5.41. The van der Waals surface area contributed by atoms with E-state index in [0.29, 0.717) is 0 Å². The van der Waals surface area contributed by atoms with Gasteiger partial charge in [-0.25, -0.2) is 8.42 Å². The Labute approximate surface area is 141 Å². The summed E-state index contributed by atoms with van der Waals surface area (Å²) >= 11 is 3.22. The second kappa shape index (κ2) is 7.01. The van der Waals surface area contributed by atoms with Gasteiger partial charge in [-0.05, 0) is 24.3 Å². The van der Waals surface area contributed by atoms with E-state index in [2.05, 4.69) is 15.9 Å². The van der Waals surface area contributed by atoms with E-state index in [4.69, 9.17) is 0 Å². The molecule has 0 atom stereocenters. The van der Waals surface area contributed by atoms with Crippen LogP contribution in [0.25, 0.3) is 0 Å². The lowest BCUT2D eigenvalue weighted by atomic mass is 10.1. The minimum Gasteiger partial charge on any atom is -0.294 e. The maximum Gasteiger partial charge on any atom is 0.270 e. The van der Waals surface area contributed by atoms with Gasteiger partial charge >= 0.3 is 0 Å². The standard InChI is InChI=1S/C15H12BrNO5S/c16-12-4-6-14(7-5-12)23(21,22)9-8-15(18)11-2-1-3-13(10-11)17(19)20/h1-7,10H,8-9H2. The van der Waals surface area contributed by atoms with Crippen LogP contribution in [0.3, 0.4) is 0 Å². The van der Waals surface area contributed by atoms with E-state index in [0.717, 1.165) is 10.5 Å². The number of non-ortho nitro benzene ring substituents is 1. The normalized spacial score (nSPS) is 11.2. The number of benzene rings is 2. The molecule has 0 radical (unpaired) electrons. The number of hydrogen-bond donors (Lipinski definition) is 0. The fourth-order valence-electron chi connectivity index (χ4n) is 1.92. The van der Waals surface area contributed by atoms with Crippen LogP contribution in [0.5, 0.6) is 0 Å². The Morgan fingerprint density at radius 2 is 1.78 bits per heavy atom. The molecular formula is C15H12BrNO5S. The number of sulfone groups is 1. The third-order valence-electron chi connectivity index (χ3n) is 3.15. The number of carbonyl (C=O) groups excluding carboxylic acids is 1. The molecule has 0 aliphatic rings. The minimum atomic E-state index is -3.58. The zero-order chi connectivity index (χ0) is 17.0. The molecule has 0 unspecified atom stereocenters. The average molecular weight is 398 g/mol. The number of carbonyl (C=O) groups is 1. The summed E-state index contributed by atoms with van der Waals surface area (Å²) in [6, 6.07) is 11.4. The van der Waals surface area contributed by atoms with Crippen LogP contribution in [-0.2, 0) is 9.84 Å². The molecule has 0 fully saturated rings. The van der Waals surface area contributed by atoms with Crippen LogP contribution in [0.4, 0.5) is 5.69 Å². The van der Waals surface area contributed by atoms with Crippen molar-refractivity contribution in [3.63, 3.8) is 0 Å². The summed E-state index contributed by atoms with van der Waals surface area (Å²) in [4.78, 5) is 22.3. The van der Waals surface area contributed by atoms with Crippen molar-refractivity contribution < 1.29 is 18.1 Å². The lowest BCUT2D eigenvalue weighted by molar-refractivity contribution is -0.384. The molecule has 0 aliphatic carbocycles. The van der Waals surface area contributed by atoms with Gasteiger partial charge in [-0.3, -0.25) is 14.9 Å². The molecule has 0 saturated heterocycles. The van der Waals surface area contributed by atoms with Crippen LogP contribution in [-0.4, -0.2) is 24.9 Å². The van der Waals surface area contributed by atoms with E-state index in [1.807, 2.05) is 0 Å². The number of nitro groups is 1. The Kier molecular flexibility index (Phi) is 5.27. The summed E-state index contributed by atoms with van der Waals surface area (Å²) in [6.45, 7) is 0. The Bertz CT molecular complexity index is 846. The summed E-state index contributed by atoms with van der Waals surface area (Å²) in [6.07, 6.45) is -0.237. The molecule has 0 saturated carbocycles. The van der Waals surface area contributed by atoms with Crippen molar-refractivity contribution in [2.45, 2.75) is 11.3 Å². The predicted octanol–water partition coefficient (Wildman–Crippen LogP) is 3.40. The number of halogens is 1. The minimum absolute atomic E-state index is 0.130. The zero-order valence-corrected chi connectivity index (χ0v) is 14.2. The highest BCUT2D eigenvalue weighted by atomic mass is 79.9. The summed E-state index contributed by atoms with van der Waals surface area (Å²) in [7, 11) is -3.58. The van der Waals surface area contributed by atoms with Gasteiger partial charge in [0, 0.05) is 28.6 Å². The Morgan fingerprint density at radius 3 is 2.39 bits per heavy atom. The van der Waals surface area contributed by atoms with Gasteiger partial charge in [-0.15, -0.1) is 0 Å². The van der Waals surface area contributed by atoms with E-state index in [9.17, 15) is 23.3 Å². The molecule has 23 heavy (non-hydrogen) atoms. The number of Topliss-reactive ketones (excluding diaryl/α,β-unsaturated/α-hetero) is 1. The first-order chi connectivity index (χ1) is 10.8. The fraction of sp³-hybridized carbons (Fsp3) is 0.133.